The number of carbonyl (C=O) groups is 2. The quantitative estimate of drug-likeness (QED) is 0.163. The zero-order chi connectivity index (χ0) is 29.1. The van der Waals surface area contributed by atoms with Gasteiger partial charge in [-0.1, -0.05) is 41.5 Å². The third-order valence-corrected chi connectivity index (χ3v) is 17.6. The molecule has 0 aliphatic heterocycles. The van der Waals surface area contributed by atoms with Crippen LogP contribution < -0.4 is 0 Å². The van der Waals surface area contributed by atoms with Crippen molar-refractivity contribution in [2.24, 2.45) is 46.3 Å². The Labute approximate surface area is 246 Å². The van der Waals surface area contributed by atoms with Crippen LogP contribution in [0.5, 0.6) is 0 Å². The van der Waals surface area contributed by atoms with Gasteiger partial charge in [0, 0.05) is 25.4 Å². The first-order valence-electron chi connectivity index (χ1n) is 17.0. The van der Waals surface area contributed by atoms with Gasteiger partial charge in [-0.3, -0.25) is 9.59 Å². The average molecular weight is 577 g/mol. The average Bonchev–Trinajstić information content (AvgIpc) is 3.30. The maximum absolute atomic E-state index is 13.9. The minimum absolute atomic E-state index is 0.0337. The third-order valence-electron chi connectivity index (χ3n) is 13.0. The lowest BCUT2D eigenvalue weighted by molar-refractivity contribution is -0.163. The van der Waals surface area contributed by atoms with Gasteiger partial charge >= 0.3 is 0 Å². The minimum Gasteiger partial charge on any atom is -0.519 e. The molecule has 9 atom stereocenters. The Morgan fingerprint density at radius 3 is 2.30 bits per heavy atom. The van der Waals surface area contributed by atoms with E-state index in [4.69, 9.17) is 13.9 Å². The minimum atomic E-state index is -1.89. The van der Waals surface area contributed by atoms with Crippen molar-refractivity contribution in [1.29, 1.82) is 0 Å². The predicted octanol–water partition coefficient (Wildman–Crippen LogP) is 8.21. The van der Waals surface area contributed by atoms with Crippen molar-refractivity contribution in [3.63, 3.8) is 0 Å². The second-order valence-corrected chi connectivity index (χ2v) is 19.2. The summed E-state index contributed by atoms with van der Waals surface area (Å²) < 4.78 is 17.8. The molecule has 4 aliphatic rings. The van der Waals surface area contributed by atoms with Crippen LogP contribution in [0.15, 0.2) is 0 Å². The van der Waals surface area contributed by atoms with Crippen LogP contribution in [0.1, 0.15) is 113 Å². The highest BCUT2D eigenvalue weighted by Crippen LogP contribution is 2.67. The molecule has 40 heavy (non-hydrogen) atoms. The number of ether oxygens (including phenoxy) is 2. The molecule has 0 N–H and O–H groups in total. The second kappa shape index (κ2) is 13.3. The van der Waals surface area contributed by atoms with Crippen molar-refractivity contribution in [2.75, 3.05) is 19.8 Å². The van der Waals surface area contributed by atoms with E-state index in [0.29, 0.717) is 55.0 Å². The van der Waals surface area contributed by atoms with Crippen molar-refractivity contribution < 1.29 is 23.5 Å². The molecular weight excluding hydrogens is 516 g/mol. The maximum atomic E-state index is 13.9. The normalized spacial score (nSPS) is 38.3. The van der Waals surface area contributed by atoms with Gasteiger partial charge in [-0.25, -0.2) is 0 Å². The lowest BCUT2D eigenvalue weighted by Gasteiger charge is -2.60. The number of rotatable bonds is 13. The van der Waals surface area contributed by atoms with Gasteiger partial charge in [0.15, 0.2) is 0 Å². The van der Waals surface area contributed by atoms with Gasteiger partial charge in [0.1, 0.15) is 5.78 Å². The Hall–Kier alpha value is -0.723. The predicted molar refractivity (Wildman–Crippen MR) is 164 cm³/mol. The summed E-state index contributed by atoms with van der Waals surface area (Å²) in [5.41, 5.74) is 0.485. The molecule has 4 fully saturated rings. The van der Waals surface area contributed by atoms with Crippen molar-refractivity contribution >= 4 is 20.1 Å². The molecule has 4 saturated carbocycles. The number of carbonyl (C=O) groups excluding carboxylic acids is 2. The molecule has 0 unspecified atom stereocenters. The summed E-state index contributed by atoms with van der Waals surface area (Å²) in [6.07, 6.45) is 10.7. The summed E-state index contributed by atoms with van der Waals surface area (Å²) in [5, 5.41) is 0. The van der Waals surface area contributed by atoms with Crippen LogP contribution in [0.25, 0.3) is 0 Å². The number of ketones is 1. The van der Waals surface area contributed by atoms with E-state index in [-0.39, 0.29) is 28.8 Å². The van der Waals surface area contributed by atoms with E-state index in [1.807, 2.05) is 6.92 Å². The molecule has 0 aromatic heterocycles. The SMILES string of the molecule is CCOCCO[C@@H]1CC[C@@]2(C)[C@H](CC(=O)[C@@H]3[C@@H]2CC[C@]2(C)[C@@H]([C@H](C)CCC(=O)O[Si](CC)(CC)CC)CC[C@@H]32)C1. The highest BCUT2D eigenvalue weighted by Gasteiger charge is 2.63. The molecule has 0 aromatic carbocycles. The molecule has 0 radical (unpaired) electrons. The van der Waals surface area contributed by atoms with Crippen LogP contribution in [-0.2, 0) is 23.5 Å². The fraction of sp³-hybridized carbons (Fsp3) is 0.941. The first-order chi connectivity index (χ1) is 19.1. The van der Waals surface area contributed by atoms with E-state index in [2.05, 4.69) is 41.5 Å². The van der Waals surface area contributed by atoms with Gasteiger partial charge in [0.05, 0.1) is 19.3 Å². The van der Waals surface area contributed by atoms with Gasteiger partial charge in [-0.05, 0) is 117 Å². The standard InChI is InChI=1S/C34H60O5Si/c1-8-37-20-21-38-26-16-18-33(6)25(22-26)23-30(35)32-28-14-13-27(34(28,7)19-17-29(32)33)24(5)12-15-31(36)39-40(9-2,10-3)11-4/h24-29,32H,8-23H2,1-7H3/t24-,25+,26-,27-,28+,29+,32+,33+,34-/m1/s1. The molecular formula is C34H60O5Si. The first kappa shape index (κ1) is 32.2. The first-order valence-corrected chi connectivity index (χ1v) is 19.5. The molecule has 230 valence electrons. The van der Waals surface area contributed by atoms with Crippen molar-refractivity contribution in [2.45, 2.75) is 137 Å². The molecule has 0 heterocycles. The summed E-state index contributed by atoms with van der Waals surface area (Å²) >= 11 is 0. The van der Waals surface area contributed by atoms with Crippen LogP contribution in [-0.4, -0.2) is 46.0 Å². The lowest BCUT2D eigenvalue weighted by Crippen LogP contribution is -2.57. The zero-order valence-electron chi connectivity index (χ0n) is 26.9. The molecule has 0 amide bonds. The van der Waals surface area contributed by atoms with Crippen LogP contribution in [0.4, 0.5) is 0 Å². The fourth-order valence-electron chi connectivity index (χ4n) is 10.2. The van der Waals surface area contributed by atoms with Crippen molar-refractivity contribution in [1.82, 2.24) is 0 Å². The summed E-state index contributed by atoms with van der Waals surface area (Å²) in [4.78, 5) is 26.8. The second-order valence-electron chi connectivity index (χ2n) is 14.5. The fourth-order valence-corrected chi connectivity index (χ4v) is 12.8. The number of hydrogen-bond donors (Lipinski definition) is 0. The number of Topliss-reactive ketones (excluding diaryl/α,β-unsaturated/α-hetero) is 1. The number of hydrogen-bond acceptors (Lipinski definition) is 5. The van der Waals surface area contributed by atoms with Gasteiger partial charge in [-0.15, -0.1) is 0 Å². The molecule has 0 aromatic rings. The van der Waals surface area contributed by atoms with Crippen molar-refractivity contribution in [3.05, 3.63) is 0 Å². The summed E-state index contributed by atoms with van der Waals surface area (Å²) in [6.45, 7) is 18.0. The largest absolute Gasteiger partial charge is 0.519 e. The Balaban J connectivity index is 1.37. The lowest BCUT2D eigenvalue weighted by atomic mass is 9.44. The molecule has 4 rings (SSSR count). The van der Waals surface area contributed by atoms with Gasteiger partial charge < -0.3 is 13.9 Å². The number of fused-ring (bicyclic) bond motifs is 5. The highest BCUT2D eigenvalue weighted by molar-refractivity contribution is 6.74. The molecule has 0 bridgehead atoms. The molecule has 5 nitrogen and oxygen atoms in total. The third kappa shape index (κ3) is 6.15. The topological polar surface area (TPSA) is 61.8 Å². The molecule has 6 heteroatoms. The van der Waals surface area contributed by atoms with Gasteiger partial charge in [0.2, 0.25) is 0 Å². The highest BCUT2D eigenvalue weighted by atomic mass is 28.4. The van der Waals surface area contributed by atoms with Crippen LogP contribution >= 0.6 is 0 Å². The van der Waals surface area contributed by atoms with Crippen LogP contribution in [0, 0.1) is 46.3 Å². The summed E-state index contributed by atoms with van der Waals surface area (Å²) in [7, 11) is -1.89. The van der Waals surface area contributed by atoms with E-state index in [1.165, 1.54) is 32.1 Å². The van der Waals surface area contributed by atoms with Gasteiger partial charge in [-0.2, -0.15) is 0 Å². The van der Waals surface area contributed by atoms with E-state index in [9.17, 15) is 9.59 Å². The van der Waals surface area contributed by atoms with E-state index < -0.39 is 8.32 Å². The van der Waals surface area contributed by atoms with E-state index in [1.54, 1.807) is 0 Å². The van der Waals surface area contributed by atoms with Gasteiger partial charge in [0.25, 0.3) is 14.3 Å². The Morgan fingerprint density at radius 1 is 0.950 bits per heavy atom. The smallest absolute Gasteiger partial charge is 0.292 e. The Morgan fingerprint density at radius 2 is 1.62 bits per heavy atom. The Bertz CT molecular complexity index is 864. The monoisotopic (exact) mass is 576 g/mol. The summed E-state index contributed by atoms with van der Waals surface area (Å²) in [6, 6.07) is 3.05. The molecule has 4 aliphatic carbocycles. The summed E-state index contributed by atoms with van der Waals surface area (Å²) in [5.74, 6) is 3.42. The zero-order valence-corrected chi connectivity index (χ0v) is 27.9. The Kier molecular flexibility index (Phi) is 10.7. The molecule has 0 spiro atoms. The maximum Gasteiger partial charge on any atom is 0.292 e. The van der Waals surface area contributed by atoms with E-state index in [0.717, 1.165) is 50.4 Å². The van der Waals surface area contributed by atoms with Crippen LogP contribution in [0.2, 0.25) is 18.1 Å². The van der Waals surface area contributed by atoms with Crippen LogP contribution in [0.3, 0.4) is 0 Å². The van der Waals surface area contributed by atoms with Crippen molar-refractivity contribution in [3.8, 4) is 0 Å². The van der Waals surface area contributed by atoms with E-state index >= 15 is 0 Å². The molecule has 0 saturated heterocycles.